The van der Waals surface area contributed by atoms with Gasteiger partial charge in [0.25, 0.3) is 0 Å². The summed E-state index contributed by atoms with van der Waals surface area (Å²) in [5.41, 5.74) is 5.52. The Labute approximate surface area is 204 Å². The van der Waals surface area contributed by atoms with Crippen LogP contribution in [0.1, 0.15) is 29.0 Å². The van der Waals surface area contributed by atoms with E-state index in [1.165, 1.54) is 16.3 Å². The summed E-state index contributed by atoms with van der Waals surface area (Å²) in [6, 6.07) is 33.8. The van der Waals surface area contributed by atoms with Crippen molar-refractivity contribution < 1.29 is 0 Å². The van der Waals surface area contributed by atoms with Gasteiger partial charge in [-0.05, 0) is 84.0 Å². The molecule has 4 nitrogen and oxygen atoms in total. The van der Waals surface area contributed by atoms with Crippen LogP contribution in [-0.2, 0) is 0 Å². The number of thiocarbonyl (C=S) groups is 1. The molecule has 1 fully saturated rings. The van der Waals surface area contributed by atoms with E-state index in [4.69, 9.17) is 12.2 Å². The van der Waals surface area contributed by atoms with Crippen molar-refractivity contribution in [2.45, 2.75) is 19.0 Å². The van der Waals surface area contributed by atoms with E-state index in [2.05, 4.69) is 118 Å². The van der Waals surface area contributed by atoms with Crippen LogP contribution in [0.25, 0.3) is 16.5 Å². The molecule has 5 heteroatoms. The van der Waals surface area contributed by atoms with E-state index in [1.54, 1.807) is 0 Å². The minimum absolute atomic E-state index is 0.0642. The summed E-state index contributed by atoms with van der Waals surface area (Å²) in [5, 5.41) is 6.72. The molecule has 3 heterocycles. The number of nitrogens with one attached hydrogen (secondary N) is 1. The molecule has 0 unspecified atom stereocenters. The molecule has 0 saturated carbocycles. The van der Waals surface area contributed by atoms with Crippen LogP contribution < -0.4 is 10.2 Å². The van der Waals surface area contributed by atoms with Crippen molar-refractivity contribution in [1.29, 1.82) is 0 Å². The highest BCUT2D eigenvalue weighted by Gasteiger charge is 2.42. The second-order valence-electron chi connectivity index (χ2n) is 8.67. The Morgan fingerprint density at radius 3 is 2.47 bits per heavy atom. The monoisotopic (exact) mass is 460 g/mol. The summed E-state index contributed by atoms with van der Waals surface area (Å²) in [5.74, 6) is 0. The van der Waals surface area contributed by atoms with Crippen LogP contribution in [-0.4, -0.2) is 14.7 Å². The summed E-state index contributed by atoms with van der Waals surface area (Å²) in [4.78, 5) is 6.92. The number of pyridine rings is 1. The maximum Gasteiger partial charge on any atom is 0.174 e. The van der Waals surface area contributed by atoms with Crippen molar-refractivity contribution in [3.8, 4) is 5.69 Å². The van der Waals surface area contributed by atoms with Crippen molar-refractivity contribution >= 4 is 33.8 Å². The zero-order chi connectivity index (χ0) is 23.1. The number of anilines is 1. The van der Waals surface area contributed by atoms with Crippen molar-refractivity contribution in [1.82, 2.24) is 14.9 Å². The zero-order valence-electron chi connectivity index (χ0n) is 18.8. The summed E-state index contributed by atoms with van der Waals surface area (Å²) < 4.78 is 2.27. The zero-order valence-corrected chi connectivity index (χ0v) is 19.6. The molecule has 0 radical (unpaired) electrons. The lowest BCUT2D eigenvalue weighted by atomic mass is 10.0. The third-order valence-electron chi connectivity index (χ3n) is 6.47. The van der Waals surface area contributed by atoms with Crippen LogP contribution in [0.5, 0.6) is 0 Å². The van der Waals surface area contributed by atoms with Gasteiger partial charge in [0.15, 0.2) is 5.11 Å². The SMILES string of the molecule is Cc1cccc(N2C(=S)N[C@H](c3ccccn3)[C@H]2c2cccn2-c2ccc3ccccc3c2)c1. The summed E-state index contributed by atoms with van der Waals surface area (Å²) >= 11 is 5.89. The lowest BCUT2D eigenvalue weighted by Crippen LogP contribution is -2.30. The molecule has 1 saturated heterocycles. The first-order chi connectivity index (χ1) is 16.7. The number of hydrogen-bond donors (Lipinski definition) is 1. The molecule has 34 heavy (non-hydrogen) atoms. The second kappa shape index (κ2) is 8.43. The van der Waals surface area contributed by atoms with Gasteiger partial charge in [-0.15, -0.1) is 0 Å². The van der Waals surface area contributed by atoms with Crippen LogP contribution in [0.15, 0.2) is 109 Å². The van der Waals surface area contributed by atoms with Gasteiger partial charge in [0.05, 0.1) is 11.7 Å². The Morgan fingerprint density at radius 1 is 0.794 bits per heavy atom. The molecule has 1 N–H and O–H groups in total. The van der Waals surface area contributed by atoms with Gasteiger partial charge in [0.2, 0.25) is 0 Å². The number of benzene rings is 3. The fraction of sp³-hybridized carbons (Fsp3) is 0.103. The maximum absolute atomic E-state index is 5.89. The molecule has 2 atom stereocenters. The van der Waals surface area contributed by atoms with Crippen molar-refractivity contribution in [3.05, 3.63) is 126 Å². The molecular formula is C29H24N4S. The molecule has 5 aromatic rings. The van der Waals surface area contributed by atoms with Gasteiger partial charge in [-0.3, -0.25) is 4.98 Å². The van der Waals surface area contributed by atoms with Crippen molar-refractivity contribution in [2.24, 2.45) is 0 Å². The third-order valence-corrected chi connectivity index (χ3v) is 6.79. The molecule has 2 aromatic heterocycles. The Balaban J connectivity index is 1.52. The van der Waals surface area contributed by atoms with Gasteiger partial charge in [-0.1, -0.05) is 48.5 Å². The molecule has 166 valence electrons. The molecular weight excluding hydrogens is 436 g/mol. The van der Waals surface area contributed by atoms with Crippen LogP contribution in [0.3, 0.4) is 0 Å². The first kappa shape index (κ1) is 20.6. The largest absolute Gasteiger partial charge is 0.351 e. The minimum atomic E-state index is -0.0803. The summed E-state index contributed by atoms with van der Waals surface area (Å²) in [6.07, 6.45) is 3.97. The quantitative estimate of drug-likeness (QED) is 0.310. The number of fused-ring (bicyclic) bond motifs is 1. The first-order valence-electron chi connectivity index (χ1n) is 11.4. The maximum atomic E-state index is 5.89. The fourth-order valence-corrected chi connectivity index (χ4v) is 5.25. The van der Waals surface area contributed by atoms with Crippen molar-refractivity contribution in [3.63, 3.8) is 0 Å². The fourth-order valence-electron chi connectivity index (χ4n) is 4.91. The predicted octanol–water partition coefficient (Wildman–Crippen LogP) is 6.51. The van der Waals surface area contributed by atoms with Crippen molar-refractivity contribution in [2.75, 3.05) is 4.90 Å². The average Bonchev–Trinajstić information content (AvgIpc) is 3.48. The molecule has 3 aromatic carbocycles. The van der Waals surface area contributed by atoms with Gasteiger partial charge >= 0.3 is 0 Å². The van der Waals surface area contributed by atoms with E-state index in [0.717, 1.165) is 22.8 Å². The van der Waals surface area contributed by atoms with E-state index in [1.807, 2.05) is 18.3 Å². The molecule has 1 aliphatic rings. The van der Waals surface area contributed by atoms with Gasteiger partial charge in [0.1, 0.15) is 6.04 Å². The third kappa shape index (κ3) is 3.55. The summed E-state index contributed by atoms with van der Waals surface area (Å²) in [6.45, 7) is 2.11. The standard InChI is InChI=1S/C29H24N4S/c1-20-8-6-11-24(18-20)33-28(27(31-29(33)34)25-12-4-5-16-30-25)26-13-7-17-32(26)23-15-14-21-9-2-3-10-22(21)19-23/h2-19,27-28H,1H3,(H,31,34)/t27-,28-/m1/s1. The number of hydrogen-bond acceptors (Lipinski definition) is 2. The lowest BCUT2D eigenvalue weighted by molar-refractivity contribution is 0.549. The van der Waals surface area contributed by atoms with E-state index < -0.39 is 0 Å². The molecule has 6 rings (SSSR count). The minimum Gasteiger partial charge on any atom is -0.351 e. The number of aromatic nitrogens is 2. The second-order valence-corrected chi connectivity index (χ2v) is 9.06. The van der Waals surface area contributed by atoms with Crippen LogP contribution in [0, 0.1) is 6.92 Å². The molecule has 1 aliphatic heterocycles. The Morgan fingerprint density at radius 2 is 1.65 bits per heavy atom. The average molecular weight is 461 g/mol. The molecule has 0 aliphatic carbocycles. The topological polar surface area (TPSA) is 33.1 Å². The summed E-state index contributed by atoms with van der Waals surface area (Å²) in [7, 11) is 0. The molecule has 0 spiro atoms. The van der Waals surface area contributed by atoms with Crippen LogP contribution >= 0.6 is 12.2 Å². The van der Waals surface area contributed by atoms with Gasteiger partial charge in [0, 0.05) is 29.5 Å². The normalized spacial score (nSPS) is 17.8. The molecule has 0 bridgehead atoms. The lowest BCUT2D eigenvalue weighted by Gasteiger charge is -2.29. The predicted molar refractivity (Wildman–Crippen MR) is 142 cm³/mol. The Hall–Kier alpha value is -3.96. The number of rotatable bonds is 4. The Bertz CT molecular complexity index is 1490. The number of nitrogens with zero attached hydrogens (tertiary/aromatic N) is 3. The van der Waals surface area contributed by atoms with Gasteiger partial charge in [-0.2, -0.15) is 0 Å². The van der Waals surface area contributed by atoms with Gasteiger partial charge < -0.3 is 14.8 Å². The smallest absolute Gasteiger partial charge is 0.174 e. The highest BCUT2D eigenvalue weighted by molar-refractivity contribution is 7.80. The van der Waals surface area contributed by atoms with E-state index in [0.29, 0.717) is 5.11 Å². The first-order valence-corrected chi connectivity index (χ1v) is 11.8. The number of aryl methyl sites for hydroxylation is 1. The van der Waals surface area contributed by atoms with E-state index in [9.17, 15) is 0 Å². The van der Waals surface area contributed by atoms with Crippen LogP contribution in [0.2, 0.25) is 0 Å². The van der Waals surface area contributed by atoms with Gasteiger partial charge in [-0.25, -0.2) is 0 Å². The molecule has 0 amide bonds. The highest BCUT2D eigenvalue weighted by atomic mass is 32.1. The van der Waals surface area contributed by atoms with E-state index in [-0.39, 0.29) is 12.1 Å². The Kier molecular flexibility index (Phi) is 5.12. The highest BCUT2D eigenvalue weighted by Crippen LogP contribution is 2.42. The van der Waals surface area contributed by atoms with Crippen LogP contribution in [0.4, 0.5) is 5.69 Å². The van der Waals surface area contributed by atoms with E-state index >= 15 is 0 Å².